The number of fused-ring (bicyclic) bond motifs is 5. The van der Waals surface area contributed by atoms with E-state index in [1.807, 2.05) is 17.9 Å². The minimum Gasteiger partial charge on any atom is -0.352 e. The van der Waals surface area contributed by atoms with E-state index in [9.17, 15) is 19.2 Å². The van der Waals surface area contributed by atoms with Crippen molar-refractivity contribution in [2.75, 3.05) is 25.5 Å². The normalized spacial score (nSPS) is 25.3. The molecule has 2 aromatic rings. The molecule has 31 heavy (non-hydrogen) atoms. The van der Waals surface area contributed by atoms with Crippen molar-refractivity contribution in [1.82, 2.24) is 19.2 Å². The van der Waals surface area contributed by atoms with Gasteiger partial charge in [0.1, 0.15) is 11.5 Å². The van der Waals surface area contributed by atoms with Crippen molar-refractivity contribution in [3.63, 3.8) is 0 Å². The fraction of sp³-hybridized carbons (Fsp3) is 0.500. The highest BCUT2D eigenvalue weighted by atomic mass is 16.2. The zero-order chi connectivity index (χ0) is 22.2. The van der Waals surface area contributed by atoms with Crippen LogP contribution in [0.15, 0.2) is 23.1 Å². The topological polar surface area (TPSA) is 95.3 Å². The molecule has 0 radical (unpaired) electrons. The van der Waals surface area contributed by atoms with E-state index in [-0.39, 0.29) is 12.0 Å². The monoisotopic (exact) mass is 423 g/mol. The first-order valence-electron chi connectivity index (χ1n) is 10.6. The van der Waals surface area contributed by atoms with Crippen molar-refractivity contribution in [3.8, 4) is 0 Å². The van der Waals surface area contributed by atoms with Crippen LogP contribution in [0, 0.1) is 18.3 Å². The highest BCUT2D eigenvalue weighted by molar-refractivity contribution is 6.20. The molecule has 0 aromatic carbocycles. The van der Waals surface area contributed by atoms with Crippen LogP contribution in [0.25, 0.3) is 5.65 Å². The molecule has 0 N–H and O–H groups in total. The molecule has 2 aromatic heterocycles. The van der Waals surface area contributed by atoms with Gasteiger partial charge in [0.05, 0.1) is 11.6 Å². The van der Waals surface area contributed by atoms with Gasteiger partial charge < -0.3 is 4.90 Å². The zero-order valence-electron chi connectivity index (χ0n) is 18.1. The van der Waals surface area contributed by atoms with E-state index in [1.165, 1.54) is 18.5 Å². The first kappa shape index (κ1) is 19.7. The molecule has 162 valence electrons. The average molecular weight is 423 g/mol. The molecule has 9 nitrogen and oxygen atoms in total. The number of barbiturate groups is 1. The van der Waals surface area contributed by atoms with Gasteiger partial charge in [-0.15, -0.1) is 0 Å². The van der Waals surface area contributed by atoms with E-state index in [1.54, 1.807) is 12.3 Å². The molecule has 5 heterocycles. The van der Waals surface area contributed by atoms with E-state index in [4.69, 9.17) is 4.98 Å². The Labute approximate surface area is 179 Å². The number of imide groups is 2. The van der Waals surface area contributed by atoms with Gasteiger partial charge in [0.25, 0.3) is 5.56 Å². The lowest BCUT2D eigenvalue weighted by Gasteiger charge is -2.54. The summed E-state index contributed by atoms with van der Waals surface area (Å²) in [7, 11) is 2.80. The molecule has 3 aliphatic rings. The number of hydrogen-bond donors (Lipinski definition) is 0. The van der Waals surface area contributed by atoms with Gasteiger partial charge in [0, 0.05) is 33.3 Å². The van der Waals surface area contributed by atoms with Crippen LogP contribution in [0.5, 0.6) is 0 Å². The summed E-state index contributed by atoms with van der Waals surface area (Å²) in [6, 6.07) is 2.57. The van der Waals surface area contributed by atoms with Crippen molar-refractivity contribution in [2.24, 2.45) is 11.3 Å². The number of anilines is 1. The number of carbonyl (C=O) groups excluding carboxylic acids is 3. The number of rotatable bonds is 0. The van der Waals surface area contributed by atoms with Gasteiger partial charge in [-0.25, -0.2) is 9.78 Å². The molecule has 0 bridgehead atoms. The van der Waals surface area contributed by atoms with Crippen LogP contribution in [0.2, 0.25) is 0 Å². The summed E-state index contributed by atoms with van der Waals surface area (Å²) in [5, 5.41) is 0. The maximum atomic E-state index is 13.6. The van der Waals surface area contributed by atoms with Crippen molar-refractivity contribution >= 4 is 29.3 Å². The number of carbonyl (C=O) groups is 3. The fourth-order valence-corrected chi connectivity index (χ4v) is 5.50. The van der Waals surface area contributed by atoms with Crippen LogP contribution >= 0.6 is 0 Å². The molecular formula is C22H25N5O4. The summed E-state index contributed by atoms with van der Waals surface area (Å²) in [5.41, 5.74) is 0.0114. The van der Waals surface area contributed by atoms with Gasteiger partial charge in [0.15, 0.2) is 5.41 Å². The first-order valence-corrected chi connectivity index (χ1v) is 10.6. The van der Waals surface area contributed by atoms with Crippen LogP contribution in [-0.2, 0) is 16.0 Å². The standard InChI is InChI=1S/C22H25N5O4/c1-12-7-9-26-15(10-12)22(19(29)24(3)21(31)25(4)20(22)30)11-14-17(26)23-16-13(2)6-5-8-27(16)18(14)28/h5-6,8,12,15H,7,9-11H2,1-4H3/t12-,15+/m0/s1. The number of aryl methyl sites for hydroxylation is 1. The largest absolute Gasteiger partial charge is 0.352 e. The lowest BCUT2D eigenvalue weighted by molar-refractivity contribution is -0.160. The molecule has 2 saturated heterocycles. The second-order valence-electron chi connectivity index (χ2n) is 9.10. The number of urea groups is 1. The predicted octanol–water partition coefficient (Wildman–Crippen LogP) is 1.20. The Hall–Kier alpha value is -3.23. The third-order valence-corrected chi connectivity index (χ3v) is 7.23. The summed E-state index contributed by atoms with van der Waals surface area (Å²) >= 11 is 0. The van der Waals surface area contributed by atoms with E-state index in [2.05, 4.69) is 6.92 Å². The SMILES string of the molecule is Cc1cccn2c(=O)c3c(nc12)N1CC[C@H](C)C[C@@H]1C1(C3)C(=O)N(C)C(=O)N(C)C1=O. The maximum Gasteiger partial charge on any atom is 0.332 e. The molecule has 3 aliphatic heterocycles. The van der Waals surface area contributed by atoms with Crippen LogP contribution in [0.1, 0.15) is 30.9 Å². The highest BCUT2D eigenvalue weighted by Gasteiger charge is 2.64. The van der Waals surface area contributed by atoms with Gasteiger partial charge in [-0.1, -0.05) is 13.0 Å². The molecule has 1 spiro atoms. The van der Waals surface area contributed by atoms with E-state index in [0.29, 0.717) is 35.9 Å². The van der Waals surface area contributed by atoms with Crippen molar-refractivity contribution in [2.45, 2.75) is 39.2 Å². The summed E-state index contributed by atoms with van der Waals surface area (Å²) in [6.07, 6.45) is 3.08. The van der Waals surface area contributed by atoms with Crippen molar-refractivity contribution < 1.29 is 14.4 Å². The van der Waals surface area contributed by atoms with Crippen molar-refractivity contribution in [3.05, 3.63) is 39.8 Å². The zero-order valence-corrected chi connectivity index (χ0v) is 18.1. The number of nitrogens with zero attached hydrogens (tertiary/aromatic N) is 5. The lowest BCUT2D eigenvalue weighted by atomic mass is 9.65. The quantitative estimate of drug-likeness (QED) is 0.591. The maximum absolute atomic E-state index is 13.6. The smallest absolute Gasteiger partial charge is 0.332 e. The second kappa shape index (κ2) is 6.38. The summed E-state index contributed by atoms with van der Waals surface area (Å²) < 4.78 is 1.48. The minimum absolute atomic E-state index is 0.0570. The van der Waals surface area contributed by atoms with E-state index < -0.39 is 29.3 Å². The Morgan fingerprint density at radius 1 is 1.10 bits per heavy atom. The number of hydrogen-bond acceptors (Lipinski definition) is 6. The predicted molar refractivity (Wildman–Crippen MR) is 113 cm³/mol. The molecule has 0 unspecified atom stereocenters. The Morgan fingerprint density at radius 3 is 2.45 bits per heavy atom. The Bertz CT molecular complexity index is 1190. The summed E-state index contributed by atoms with van der Waals surface area (Å²) in [5.74, 6) is -0.213. The second-order valence-corrected chi connectivity index (χ2v) is 9.10. The van der Waals surface area contributed by atoms with Crippen LogP contribution in [0.3, 0.4) is 0 Å². The molecule has 0 aliphatic carbocycles. The molecule has 9 heteroatoms. The molecule has 5 rings (SSSR count). The number of piperidine rings is 1. The highest BCUT2D eigenvalue weighted by Crippen LogP contribution is 2.48. The summed E-state index contributed by atoms with van der Waals surface area (Å²) in [6.45, 7) is 4.60. The number of aromatic nitrogens is 2. The minimum atomic E-state index is -1.52. The molecule has 2 atom stereocenters. The van der Waals surface area contributed by atoms with Crippen LogP contribution in [0.4, 0.5) is 10.6 Å². The average Bonchev–Trinajstić information content (AvgIpc) is 2.76. The molecule has 0 saturated carbocycles. The third-order valence-electron chi connectivity index (χ3n) is 7.23. The molecule has 4 amide bonds. The van der Waals surface area contributed by atoms with Crippen LogP contribution in [-0.4, -0.2) is 63.7 Å². The van der Waals surface area contributed by atoms with Gasteiger partial charge in [-0.3, -0.25) is 28.6 Å². The van der Waals surface area contributed by atoms with Crippen LogP contribution < -0.4 is 10.5 Å². The molecular weight excluding hydrogens is 398 g/mol. The fourth-order valence-electron chi connectivity index (χ4n) is 5.50. The van der Waals surface area contributed by atoms with Crippen molar-refractivity contribution in [1.29, 1.82) is 0 Å². The Kier molecular flexibility index (Phi) is 4.06. The first-order chi connectivity index (χ1) is 14.7. The lowest BCUT2D eigenvalue weighted by Crippen LogP contribution is -2.72. The molecule has 2 fully saturated rings. The van der Waals surface area contributed by atoms with Gasteiger partial charge in [-0.05, 0) is 37.3 Å². The van der Waals surface area contributed by atoms with Gasteiger partial charge in [-0.2, -0.15) is 0 Å². The number of amides is 4. The van der Waals surface area contributed by atoms with Gasteiger partial charge in [0.2, 0.25) is 11.8 Å². The van der Waals surface area contributed by atoms with E-state index in [0.717, 1.165) is 21.8 Å². The Balaban J connectivity index is 1.81. The van der Waals surface area contributed by atoms with Gasteiger partial charge >= 0.3 is 6.03 Å². The Morgan fingerprint density at radius 2 is 1.77 bits per heavy atom. The summed E-state index contributed by atoms with van der Waals surface area (Å²) in [4.78, 5) is 61.9. The van der Waals surface area contributed by atoms with E-state index >= 15 is 0 Å². The third kappa shape index (κ3) is 2.40. The number of pyridine rings is 1.